The first kappa shape index (κ1) is 17.1. The molecule has 0 saturated carbocycles. The van der Waals surface area contributed by atoms with Gasteiger partial charge in [0, 0.05) is 11.1 Å². The van der Waals surface area contributed by atoms with Crippen LogP contribution < -0.4 is 5.32 Å². The molecule has 3 aromatic rings. The maximum Gasteiger partial charge on any atom is 0.264 e. The standard InChI is InChI=1S/C19H18N4OS2/c1-10-5-6-14(11(2)7-10)21-18-22-17(24)16(26-18)8-15-13(4)20-19-23(15)9-12(3)25-19/h5-9H,1-4H3,(H,21,22,24)/b16-8-. The Morgan fingerprint density at radius 1 is 1.23 bits per heavy atom. The predicted molar refractivity (Wildman–Crippen MR) is 109 cm³/mol. The molecule has 7 heteroatoms. The van der Waals surface area contributed by atoms with Gasteiger partial charge in [0.15, 0.2) is 10.1 Å². The van der Waals surface area contributed by atoms with Gasteiger partial charge in [-0.3, -0.25) is 9.20 Å². The van der Waals surface area contributed by atoms with Gasteiger partial charge in [-0.05, 0) is 57.2 Å². The normalized spacial score (nSPS) is 17.6. The quantitative estimate of drug-likeness (QED) is 0.663. The zero-order chi connectivity index (χ0) is 18.4. The molecule has 3 heterocycles. The number of fused-ring (bicyclic) bond motifs is 1. The molecular weight excluding hydrogens is 364 g/mol. The maximum atomic E-state index is 12.4. The summed E-state index contributed by atoms with van der Waals surface area (Å²) in [5, 5.41) is 3.46. The molecule has 0 aliphatic carbocycles. The van der Waals surface area contributed by atoms with Gasteiger partial charge < -0.3 is 5.32 Å². The van der Waals surface area contributed by atoms with Crippen LogP contribution in [-0.2, 0) is 4.79 Å². The first-order chi connectivity index (χ1) is 12.4. The predicted octanol–water partition coefficient (Wildman–Crippen LogP) is 4.52. The highest BCUT2D eigenvalue weighted by atomic mass is 32.2. The van der Waals surface area contributed by atoms with Crippen LogP contribution in [0.25, 0.3) is 11.0 Å². The monoisotopic (exact) mass is 382 g/mol. The van der Waals surface area contributed by atoms with Crippen molar-refractivity contribution in [2.75, 3.05) is 0 Å². The van der Waals surface area contributed by atoms with Crippen LogP contribution in [0.3, 0.4) is 0 Å². The number of hydrogen-bond acceptors (Lipinski definition) is 5. The fourth-order valence-electron chi connectivity index (χ4n) is 2.90. The summed E-state index contributed by atoms with van der Waals surface area (Å²) in [6.07, 6.45) is 3.95. The molecule has 2 aromatic heterocycles. The molecule has 1 aliphatic heterocycles. The lowest BCUT2D eigenvalue weighted by atomic mass is 10.1. The van der Waals surface area contributed by atoms with E-state index in [-0.39, 0.29) is 5.91 Å². The van der Waals surface area contributed by atoms with Crippen molar-refractivity contribution >= 4 is 50.9 Å². The van der Waals surface area contributed by atoms with Crippen molar-refractivity contribution in [3.8, 4) is 0 Å². The van der Waals surface area contributed by atoms with Crippen molar-refractivity contribution in [3.05, 3.63) is 56.7 Å². The maximum absolute atomic E-state index is 12.4. The van der Waals surface area contributed by atoms with E-state index in [4.69, 9.17) is 0 Å². The Balaban J connectivity index is 1.68. The Bertz CT molecular complexity index is 1100. The summed E-state index contributed by atoms with van der Waals surface area (Å²) in [5.74, 6) is -0.125. The molecular formula is C19H18N4OS2. The number of rotatable bonds is 2. The lowest BCUT2D eigenvalue weighted by molar-refractivity contribution is -0.115. The number of amides is 1. The highest BCUT2D eigenvalue weighted by molar-refractivity contribution is 8.18. The van der Waals surface area contributed by atoms with Crippen LogP contribution in [0.2, 0.25) is 0 Å². The van der Waals surface area contributed by atoms with Crippen LogP contribution in [0.5, 0.6) is 0 Å². The smallest absolute Gasteiger partial charge is 0.264 e. The van der Waals surface area contributed by atoms with Gasteiger partial charge in [-0.25, -0.2) is 9.98 Å². The number of imidazole rings is 1. The highest BCUT2D eigenvalue weighted by Crippen LogP contribution is 2.31. The molecule has 1 aromatic carbocycles. The van der Waals surface area contributed by atoms with Crippen LogP contribution in [0.4, 0.5) is 5.69 Å². The molecule has 0 atom stereocenters. The number of amidine groups is 1. The van der Waals surface area contributed by atoms with Crippen LogP contribution in [0.15, 0.2) is 34.3 Å². The SMILES string of the molecule is Cc1ccc(N=C2NC(=O)/C(=C/c3c(C)nc4sc(C)cn34)S2)c(C)c1. The molecule has 0 bridgehead atoms. The van der Waals surface area contributed by atoms with E-state index in [9.17, 15) is 4.79 Å². The molecule has 0 unspecified atom stereocenters. The fraction of sp³-hybridized carbons (Fsp3) is 0.211. The molecule has 1 aliphatic rings. The van der Waals surface area contributed by atoms with Crippen LogP contribution in [0, 0.1) is 27.7 Å². The van der Waals surface area contributed by atoms with Gasteiger partial charge in [0.2, 0.25) is 0 Å². The van der Waals surface area contributed by atoms with E-state index in [1.807, 2.05) is 36.5 Å². The summed E-state index contributed by atoms with van der Waals surface area (Å²) < 4.78 is 2.04. The number of thiazole rings is 1. The molecule has 1 fully saturated rings. The van der Waals surface area contributed by atoms with Crippen molar-refractivity contribution in [1.29, 1.82) is 0 Å². The molecule has 1 amide bonds. The van der Waals surface area contributed by atoms with Crippen molar-refractivity contribution < 1.29 is 4.79 Å². The topological polar surface area (TPSA) is 58.8 Å². The van der Waals surface area contributed by atoms with Gasteiger partial charge in [-0.2, -0.15) is 0 Å². The molecule has 5 nitrogen and oxygen atoms in total. The number of hydrogen-bond donors (Lipinski definition) is 1. The number of nitrogens with zero attached hydrogens (tertiary/aromatic N) is 3. The van der Waals surface area contributed by atoms with Gasteiger partial charge in [0.1, 0.15) is 0 Å². The lowest BCUT2D eigenvalue weighted by Crippen LogP contribution is -2.19. The molecule has 4 rings (SSSR count). The Morgan fingerprint density at radius 2 is 2.04 bits per heavy atom. The van der Waals surface area contributed by atoms with E-state index in [1.54, 1.807) is 11.3 Å². The summed E-state index contributed by atoms with van der Waals surface area (Å²) >= 11 is 3.00. The number of nitrogens with one attached hydrogen (secondary N) is 1. The van der Waals surface area contributed by atoms with E-state index < -0.39 is 0 Å². The van der Waals surface area contributed by atoms with E-state index in [0.29, 0.717) is 10.1 Å². The number of thioether (sulfide) groups is 1. The van der Waals surface area contributed by atoms with Crippen molar-refractivity contribution in [2.45, 2.75) is 27.7 Å². The average Bonchev–Trinajstić information content (AvgIpc) is 3.17. The second kappa shape index (κ2) is 6.41. The summed E-state index contributed by atoms with van der Waals surface area (Å²) in [6.45, 7) is 8.09. The largest absolute Gasteiger partial charge is 0.300 e. The number of aryl methyl sites for hydroxylation is 4. The Morgan fingerprint density at radius 3 is 2.81 bits per heavy atom. The molecule has 1 N–H and O–H groups in total. The third-order valence-corrected chi connectivity index (χ3v) is 5.96. The van der Waals surface area contributed by atoms with Gasteiger partial charge in [-0.15, -0.1) is 11.3 Å². The Labute approximate surface area is 159 Å². The van der Waals surface area contributed by atoms with Gasteiger partial charge >= 0.3 is 0 Å². The van der Waals surface area contributed by atoms with Crippen LogP contribution >= 0.6 is 23.1 Å². The molecule has 26 heavy (non-hydrogen) atoms. The Kier molecular flexibility index (Phi) is 4.20. The minimum Gasteiger partial charge on any atom is -0.300 e. The minimum atomic E-state index is -0.125. The van der Waals surface area contributed by atoms with Crippen LogP contribution in [-0.4, -0.2) is 20.5 Å². The number of aliphatic imine (C=N–C) groups is 1. The number of carbonyl (C=O) groups is 1. The second-order valence-corrected chi connectivity index (χ2v) is 8.59. The average molecular weight is 383 g/mol. The van der Waals surface area contributed by atoms with Gasteiger partial charge in [0.25, 0.3) is 5.91 Å². The van der Waals surface area contributed by atoms with Gasteiger partial charge in [0.05, 0.1) is 22.0 Å². The first-order valence-electron chi connectivity index (χ1n) is 8.22. The van der Waals surface area contributed by atoms with Crippen molar-refractivity contribution in [1.82, 2.24) is 14.7 Å². The second-order valence-electron chi connectivity index (χ2n) is 6.35. The number of aromatic nitrogens is 2. The zero-order valence-corrected chi connectivity index (χ0v) is 16.6. The Hall–Kier alpha value is -2.38. The van der Waals surface area contributed by atoms with Crippen molar-refractivity contribution in [3.63, 3.8) is 0 Å². The third-order valence-electron chi connectivity index (χ3n) is 4.16. The van der Waals surface area contributed by atoms with E-state index >= 15 is 0 Å². The van der Waals surface area contributed by atoms with Gasteiger partial charge in [-0.1, -0.05) is 17.7 Å². The summed E-state index contributed by atoms with van der Waals surface area (Å²) in [4.78, 5) is 24.3. The summed E-state index contributed by atoms with van der Waals surface area (Å²) in [5.41, 5.74) is 5.01. The number of benzene rings is 1. The van der Waals surface area contributed by atoms with E-state index in [1.165, 1.54) is 22.2 Å². The van der Waals surface area contributed by atoms with E-state index in [2.05, 4.69) is 41.4 Å². The summed E-state index contributed by atoms with van der Waals surface area (Å²) in [6, 6.07) is 6.09. The molecule has 0 radical (unpaired) electrons. The van der Waals surface area contributed by atoms with Crippen LogP contribution in [0.1, 0.15) is 27.4 Å². The third kappa shape index (κ3) is 3.08. The lowest BCUT2D eigenvalue weighted by Gasteiger charge is -2.02. The highest BCUT2D eigenvalue weighted by Gasteiger charge is 2.25. The first-order valence-corrected chi connectivity index (χ1v) is 9.86. The number of carbonyl (C=O) groups excluding carboxylic acids is 1. The minimum absolute atomic E-state index is 0.125. The zero-order valence-electron chi connectivity index (χ0n) is 15.0. The molecule has 132 valence electrons. The molecule has 1 saturated heterocycles. The van der Waals surface area contributed by atoms with E-state index in [0.717, 1.165) is 27.6 Å². The summed E-state index contributed by atoms with van der Waals surface area (Å²) in [7, 11) is 0. The fourth-order valence-corrected chi connectivity index (χ4v) is 4.59. The molecule has 0 spiro atoms. The van der Waals surface area contributed by atoms with Crippen molar-refractivity contribution in [2.24, 2.45) is 4.99 Å².